The van der Waals surface area contributed by atoms with Crippen LogP contribution in [0.3, 0.4) is 0 Å². The quantitative estimate of drug-likeness (QED) is 0.843. The molecule has 0 atom stereocenters. The van der Waals surface area contributed by atoms with E-state index in [-0.39, 0.29) is 17.1 Å². The Morgan fingerprint density at radius 1 is 1.28 bits per heavy atom. The van der Waals surface area contributed by atoms with E-state index >= 15 is 0 Å². The minimum absolute atomic E-state index is 0.00356. The predicted molar refractivity (Wildman–Crippen MR) is 68.0 cm³/mol. The molecule has 0 saturated heterocycles. The Hall–Kier alpha value is -1.40. The second kappa shape index (κ2) is 5.07. The second-order valence-electron chi connectivity index (χ2n) is 4.10. The molecule has 2 N–H and O–H groups in total. The van der Waals surface area contributed by atoms with Crippen molar-refractivity contribution in [2.75, 3.05) is 6.61 Å². The smallest absolute Gasteiger partial charge is 0.338 e. The van der Waals surface area contributed by atoms with E-state index in [2.05, 4.69) is 0 Å². The summed E-state index contributed by atoms with van der Waals surface area (Å²) in [7, 11) is -3.86. The summed E-state index contributed by atoms with van der Waals surface area (Å²) in [6.07, 6.45) is 0. The van der Waals surface area contributed by atoms with Gasteiger partial charge in [-0.15, -0.1) is 0 Å². The Morgan fingerprint density at radius 2 is 1.83 bits per heavy atom. The summed E-state index contributed by atoms with van der Waals surface area (Å²) in [5, 5.41) is 5.17. The number of aryl methyl sites for hydroxylation is 2. The van der Waals surface area contributed by atoms with Gasteiger partial charge >= 0.3 is 5.97 Å². The Bertz CT molecular complexity index is 591. The maximum Gasteiger partial charge on any atom is 0.338 e. The third-order valence-electron chi connectivity index (χ3n) is 2.67. The summed E-state index contributed by atoms with van der Waals surface area (Å²) < 4.78 is 28.0. The summed E-state index contributed by atoms with van der Waals surface area (Å²) in [5.74, 6) is -0.530. The van der Waals surface area contributed by atoms with Crippen LogP contribution in [0.5, 0.6) is 0 Å². The number of nitrogens with two attached hydrogens (primary N) is 1. The normalized spacial score (nSPS) is 11.4. The van der Waals surface area contributed by atoms with Crippen LogP contribution in [0.4, 0.5) is 0 Å². The van der Waals surface area contributed by atoms with E-state index in [1.54, 1.807) is 33.8 Å². The van der Waals surface area contributed by atoms with Crippen molar-refractivity contribution >= 4 is 16.0 Å². The molecule has 0 aliphatic heterocycles. The number of hydrogen-bond donors (Lipinski definition) is 1. The average molecular weight is 271 g/mol. The third kappa shape index (κ3) is 2.70. The van der Waals surface area contributed by atoms with Gasteiger partial charge in [-0.3, -0.25) is 0 Å². The minimum atomic E-state index is -3.86. The van der Waals surface area contributed by atoms with Crippen LogP contribution in [-0.4, -0.2) is 21.0 Å². The van der Waals surface area contributed by atoms with Crippen molar-refractivity contribution in [3.63, 3.8) is 0 Å². The average Bonchev–Trinajstić information content (AvgIpc) is 2.13. The highest BCUT2D eigenvalue weighted by atomic mass is 32.2. The van der Waals surface area contributed by atoms with Gasteiger partial charge in [0.15, 0.2) is 0 Å². The molecule has 0 aliphatic rings. The number of hydrogen-bond acceptors (Lipinski definition) is 4. The summed E-state index contributed by atoms with van der Waals surface area (Å²) in [6, 6.07) is 1.62. The van der Waals surface area contributed by atoms with Gasteiger partial charge in [-0.05, 0) is 44.4 Å². The molecule has 1 aromatic carbocycles. The number of primary sulfonamides is 1. The molecule has 1 aromatic rings. The predicted octanol–water partition coefficient (Wildman–Crippen LogP) is 1.44. The molecule has 0 unspecified atom stereocenters. The van der Waals surface area contributed by atoms with Crippen LogP contribution in [-0.2, 0) is 14.8 Å². The highest BCUT2D eigenvalue weighted by Crippen LogP contribution is 2.26. The van der Waals surface area contributed by atoms with Crippen molar-refractivity contribution in [1.29, 1.82) is 0 Å². The second-order valence-corrected chi connectivity index (χ2v) is 5.60. The fourth-order valence-corrected chi connectivity index (χ4v) is 3.16. The van der Waals surface area contributed by atoms with Crippen LogP contribution in [0, 0.1) is 20.8 Å². The molecule has 5 nitrogen and oxygen atoms in total. The molecule has 0 aromatic heterocycles. The largest absolute Gasteiger partial charge is 0.462 e. The number of sulfonamides is 1. The number of ether oxygens (including phenoxy) is 1. The van der Waals surface area contributed by atoms with E-state index in [9.17, 15) is 13.2 Å². The first-order valence-corrected chi connectivity index (χ1v) is 7.05. The number of rotatable bonds is 3. The van der Waals surface area contributed by atoms with Gasteiger partial charge in [0.25, 0.3) is 0 Å². The molecule has 18 heavy (non-hydrogen) atoms. The van der Waals surface area contributed by atoms with E-state index < -0.39 is 16.0 Å². The van der Waals surface area contributed by atoms with Crippen LogP contribution < -0.4 is 5.14 Å². The van der Waals surface area contributed by atoms with Gasteiger partial charge in [0, 0.05) is 0 Å². The molecule has 0 radical (unpaired) electrons. The summed E-state index contributed by atoms with van der Waals surface area (Å²) >= 11 is 0. The van der Waals surface area contributed by atoms with Gasteiger partial charge in [-0.1, -0.05) is 6.07 Å². The van der Waals surface area contributed by atoms with Crippen LogP contribution in [0.1, 0.15) is 34.0 Å². The molecule has 100 valence electrons. The first-order valence-electron chi connectivity index (χ1n) is 5.50. The highest BCUT2D eigenvalue weighted by molar-refractivity contribution is 7.89. The van der Waals surface area contributed by atoms with Gasteiger partial charge < -0.3 is 4.74 Å². The molecular formula is C12H17NO4S. The van der Waals surface area contributed by atoms with Crippen LogP contribution in [0.15, 0.2) is 11.0 Å². The van der Waals surface area contributed by atoms with Crippen molar-refractivity contribution in [2.24, 2.45) is 5.14 Å². The first kappa shape index (κ1) is 14.7. The molecular weight excluding hydrogens is 254 g/mol. The van der Waals surface area contributed by atoms with Crippen LogP contribution >= 0.6 is 0 Å². The first-order chi connectivity index (χ1) is 8.20. The molecule has 6 heteroatoms. The lowest BCUT2D eigenvalue weighted by atomic mass is 10.00. The Kier molecular flexibility index (Phi) is 4.13. The SMILES string of the molecule is CCOC(=O)c1c(C)cc(C)c(S(N)(=O)=O)c1C. The Balaban J connectivity index is 3.61. The molecule has 0 spiro atoms. The molecule has 0 fully saturated rings. The standard InChI is InChI=1S/C12H17NO4S/c1-5-17-12(14)10-7(2)6-8(3)11(9(10)4)18(13,15)16/h6H,5H2,1-4H3,(H2,13,15,16). The van der Waals surface area contributed by atoms with E-state index in [0.717, 1.165) is 0 Å². The summed E-state index contributed by atoms with van der Waals surface area (Å²) in [4.78, 5) is 11.8. The van der Waals surface area contributed by atoms with Crippen LogP contribution in [0.2, 0.25) is 0 Å². The van der Waals surface area contributed by atoms with Crippen LogP contribution in [0.25, 0.3) is 0 Å². The fraction of sp³-hybridized carbons (Fsp3) is 0.417. The lowest BCUT2D eigenvalue weighted by molar-refractivity contribution is 0.0524. The monoisotopic (exact) mass is 271 g/mol. The molecule has 0 amide bonds. The highest BCUT2D eigenvalue weighted by Gasteiger charge is 2.23. The van der Waals surface area contributed by atoms with Crippen molar-refractivity contribution < 1.29 is 17.9 Å². The maximum absolute atomic E-state index is 11.8. The minimum Gasteiger partial charge on any atom is -0.462 e. The van der Waals surface area contributed by atoms with E-state index in [1.165, 1.54) is 0 Å². The van der Waals surface area contributed by atoms with Gasteiger partial charge in [0.2, 0.25) is 10.0 Å². The molecule has 1 rings (SSSR count). The van der Waals surface area contributed by atoms with Gasteiger partial charge in [0.1, 0.15) is 0 Å². The zero-order valence-corrected chi connectivity index (χ0v) is 11.7. The lowest BCUT2D eigenvalue weighted by Gasteiger charge is -2.14. The van der Waals surface area contributed by atoms with E-state index in [1.807, 2.05) is 0 Å². The van der Waals surface area contributed by atoms with Gasteiger partial charge in [0.05, 0.1) is 17.1 Å². The lowest BCUT2D eigenvalue weighted by Crippen LogP contribution is -2.19. The number of benzene rings is 1. The molecule has 0 saturated carbocycles. The summed E-state index contributed by atoms with van der Waals surface area (Å²) in [6.45, 7) is 6.87. The summed E-state index contributed by atoms with van der Waals surface area (Å²) in [5.41, 5.74) is 1.82. The Morgan fingerprint density at radius 3 is 2.28 bits per heavy atom. The Labute approximate surface area is 107 Å². The third-order valence-corrected chi connectivity index (χ3v) is 3.86. The van der Waals surface area contributed by atoms with E-state index in [4.69, 9.17) is 9.88 Å². The van der Waals surface area contributed by atoms with Crippen molar-refractivity contribution in [3.05, 3.63) is 28.3 Å². The zero-order valence-electron chi connectivity index (χ0n) is 10.9. The van der Waals surface area contributed by atoms with Gasteiger partial charge in [-0.25, -0.2) is 18.4 Å². The topological polar surface area (TPSA) is 86.5 Å². The molecule has 0 bridgehead atoms. The fourth-order valence-electron chi connectivity index (χ4n) is 2.12. The van der Waals surface area contributed by atoms with Gasteiger partial charge in [-0.2, -0.15) is 0 Å². The van der Waals surface area contributed by atoms with Crippen molar-refractivity contribution in [3.8, 4) is 0 Å². The van der Waals surface area contributed by atoms with Crippen molar-refractivity contribution in [2.45, 2.75) is 32.6 Å². The van der Waals surface area contributed by atoms with Crippen molar-refractivity contribution in [1.82, 2.24) is 0 Å². The number of carbonyl (C=O) groups excluding carboxylic acids is 1. The maximum atomic E-state index is 11.8. The molecule has 0 aliphatic carbocycles. The number of carbonyl (C=O) groups is 1. The van der Waals surface area contributed by atoms with E-state index in [0.29, 0.717) is 16.7 Å². The number of esters is 1. The molecule has 0 heterocycles. The zero-order chi connectivity index (χ0) is 14.1.